The third-order valence-electron chi connectivity index (χ3n) is 2.47. The van der Waals surface area contributed by atoms with Crippen LogP contribution in [0.15, 0.2) is 35.0 Å². The van der Waals surface area contributed by atoms with Crippen LogP contribution in [0.25, 0.3) is 0 Å². The third-order valence-corrected chi connectivity index (χ3v) is 3.17. The average molecular weight is 235 g/mol. The fourth-order valence-electron chi connectivity index (χ4n) is 1.53. The van der Waals surface area contributed by atoms with Crippen molar-refractivity contribution >= 4 is 11.3 Å². The van der Waals surface area contributed by atoms with Crippen LogP contribution in [-0.2, 0) is 0 Å². The number of phenols is 1. The minimum absolute atomic E-state index is 0.128. The van der Waals surface area contributed by atoms with Crippen molar-refractivity contribution < 1.29 is 9.84 Å². The van der Waals surface area contributed by atoms with Gasteiger partial charge in [-0.05, 0) is 40.1 Å². The molecule has 1 atom stereocenters. The van der Waals surface area contributed by atoms with Crippen molar-refractivity contribution in [3.8, 4) is 11.5 Å². The molecule has 0 bridgehead atoms. The molecule has 16 heavy (non-hydrogen) atoms. The van der Waals surface area contributed by atoms with Gasteiger partial charge in [-0.1, -0.05) is 6.07 Å². The van der Waals surface area contributed by atoms with Gasteiger partial charge in [0.1, 0.15) is 0 Å². The van der Waals surface area contributed by atoms with E-state index in [0.717, 1.165) is 11.1 Å². The zero-order chi connectivity index (χ0) is 11.5. The van der Waals surface area contributed by atoms with Crippen molar-refractivity contribution in [1.29, 1.82) is 0 Å². The van der Waals surface area contributed by atoms with Gasteiger partial charge in [-0.2, -0.15) is 11.3 Å². The molecule has 1 aromatic carbocycles. The van der Waals surface area contributed by atoms with Gasteiger partial charge >= 0.3 is 0 Å². The number of ether oxygens (including phenoxy) is 1. The summed E-state index contributed by atoms with van der Waals surface area (Å²) in [5.74, 6) is 0.576. The molecular weight excluding hydrogens is 222 g/mol. The number of nitrogens with two attached hydrogens (primary N) is 1. The molecule has 1 heterocycles. The number of aromatic hydroxyl groups is 1. The standard InChI is InChI=1S/C12H13NO2S/c1-15-11-6-8(2-3-10(11)14)12(13)9-4-5-16-7-9/h2-7,12,14H,13H2,1H3/t12-/m0/s1. The highest BCUT2D eigenvalue weighted by atomic mass is 32.1. The predicted octanol–water partition coefficient (Wildman–Crippen LogP) is 2.51. The molecule has 0 spiro atoms. The Bertz CT molecular complexity index is 468. The van der Waals surface area contributed by atoms with E-state index >= 15 is 0 Å². The molecule has 0 unspecified atom stereocenters. The van der Waals surface area contributed by atoms with E-state index in [1.165, 1.54) is 7.11 Å². The van der Waals surface area contributed by atoms with Crippen LogP contribution in [0.5, 0.6) is 11.5 Å². The summed E-state index contributed by atoms with van der Waals surface area (Å²) in [6.07, 6.45) is 0. The number of hydrogen-bond donors (Lipinski definition) is 2. The smallest absolute Gasteiger partial charge is 0.160 e. The number of hydrogen-bond acceptors (Lipinski definition) is 4. The van der Waals surface area contributed by atoms with Gasteiger partial charge in [0.25, 0.3) is 0 Å². The average Bonchev–Trinajstić information content (AvgIpc) is 2.82. The fraction of sp³-hybridized carbons (Fsp3) is 0.167. The van der Waals surface area contributed by atoms with E-state index < -0.39 is 0 Å². The van der Waals surface area contributed by atoms with Gasteiger partial charge in [-0.15, -0.1) is 0 Å². The zero-order valence-electron chi connectivity index (χ0n) is 8.88. The highest BCUT2D eigenvalue weighted by Gasteiger charge is 2.11. The number of thiophene rings is 1. The lowest BCUT2D eigenvalue weighted by atomic mass is 10.0. The summed E-state index contributed by atoms with van der Waals surface area (Å²) in [6.45, 7) is 0. The van der Waals surface area contributed by atoms with Gasteiger partial charge in [0.2, 0.25) is 0 Å². The van der Waals surface area contributed by atoms with Crippen molar-refractivity contribution in [2.75, 3.05) is 7.11 Å². The SMILES string of the molecule is COc1cc([C@H](N)c2ccsc2)ccc1O. The first-order chi connectivity index (χ1) is 7.72. The maximum Gasteiger partial charge on any atom is 0.160 e. The van der Waals surface area contributed by atoms with Crippen LogP contribution < -0.4 is 10.5 Å². The van der Waals surface area contributed by atoms with Gasteiger partial charge in [-0.3, -0.25) is 0 Å². The molecule has 1 aromatic heterocycles. The zero-order valence-corrected chi connectivity index (χ0v) is 9.70. The summed E-state index contributed by atoms with van der Waals surface area (Å²) in [6, 6.07) is 6.98. The second-order valence-electron chi connectivity index (χ2n) is 3.47. The molecule has 3 N–H and O–H groups in total. The van der Waals surface area contributed by atoms with Gasteiger partial charge in [-0.25, -0.2) is 0 Å². The minimum atomic E-state index is -0.180. The predicted molar refractivity (Wildman–Crippen MR) is 65.0 cm³/mol. The van der Waals surface area contributed by atoms with E-state index in [2.05, 4.69) is 0 Å². The van der Waals surface area contributed by atoms with Crippen molar-refractivity contribution in [2.45, 2.75) is 6.04 Å². The highest BCUT2D eigenvalue weighted by molar-refractivity contribution is 7.08. The van der Waals surface area contributed by atoms with E-state index in [1.807, 2.05) is 16.8 Å². The highest BCUT2D eigenvalue weighted by Crippen LogP contribution is 2.30. The lowest BCUT2D eigenvalue weighted by molar-refractivity contribution is 0.373. The quantitative estimate of drug-likeness (QED) is 0.859. The van der Waals surface area contributed by atoms with E-state index in [9.17, 15) is 5.11 Å². The molecule has 0 saturated carbocycles. The lowest BCUT2D eigenvalue weighted by Gasteiger charge is -2.12. The van der Waals surface area contributed by atoms with Gasteiger partial charge in [0.15, 0.2) is 11.5 Å². The van der Waals surface area contributed by atoms with Crippen LogP contribution in [0.3, 0.4) is 0 Å². The summed E-state index contributed by atoms with van der Waals surface area (Å²) < 4.78 is 5.05. The fourth-order valence-corrected chi connectivity index (χ4v) is 2.23. The van der Waals surface area contributed by atoms with Crippen LogP contribution in [0.2, 0.25) is 0 Å². The molecule has 84 valence electrons. The summed E-state index contributed by atoms with van der Waals surface area (Å²) in [5, 5.41) is 13.5. The minimum Gasteiger partial charge on any atom is -0.504 e. The Balaban J connectivity index is 2.34. The van der Waals surface area contributed by atoms with E-state index in [-0.39, 0.29) is 11.8 Å². The number of benzene rings is 1. The summed E-state index contributed by atoms with van der Waals surface area (Å²) >= 11 is 1.62. The Hall–Kier alpha value is -1.52. The number of phenolic OH excluding ortho intramolecular Hbond substituents is 1. The van der Waals surface area contributed by atoms with Crippen molar-refractivity contribution in [2.24, 2.45) is 5.73 Å². The molecule has 0 aliphatic heterocycles. The Labute approximate surface area is 98.1 Å². The van der Waals surface area contributed by atoms with Crippen LogP contribution in [0.1, 0.15) is 17.2 Å². The molecule has 0 saturated heterocycles. The molecule has 2 rings (SSSR count). The van der Waals surface area contributed by atoms with Gasteiger partial charge < -0.3 is 15.6 Å². The van der Waals surface area contributed by atoms with Crippen molar-refractivity contribution in [3.63, 3.8) is 0 Å². The van der Waals surface area contributed by atoms with E-state index in [4.69, 9.17) is 10.5 Å². The lowest BCUT2D eigenvalue weighted by Crippen LogP contribution is -2.10. The molecule has 0 radical (unpaired) electrons. The molecule has 0 amide bonds. The van der Waals surface area contributed by atoms with Gasteiger partial charge in [0.05, 0.1) is 13.2 Å². The molecule has 0 fully saturated rings. The normalized spacial score (nSPS) is 12.4. The summed E-state index contributed by atoms with van der Waals surface area (Å²) in [7, 11) is 1.52. The number of methoxy groups -OCH3 is 1. The molecular formula is C12H13NO2S. The second kappa shape index (κ2) is 4.55. The second-order valence-corrected chi connectivity index (χ2v) is 4.25. The van der Waals surface area contributed by atoms with Crippen molar-refractivity contribution in [1.82, 2.24) is 0 Å². The number of rotatable bonds is 3. The van der Waals surface area contributed by atoms with Crippen LogP contribution in [0.4, 0.5) is 0 Å². The Morgan fingerprint density at radius 1 is 1.31 bits per heavy atom. The Kier molecular flexibility index (Phi) is 3.12. The van der Waals surface area contributed by atoms with E-state index in [0.29, 0.717) is 5.75 Å². The molecule has 0 aliphatic carbocycles. The first-order valence-electron chi connectivity index (χ1n) is 4.87. The third kappa shape index (κ3) is 2.03. The summed E-state index contributed by atoms with van der Waals surface area (Å²) in [5.41, 5.74) is 8.10. The topological polar surface area (TPSA) is 55.5 Å². The van der Waals surface area contributed by atoms with Crippen LogP contribution >= 0.6 is 11.3 Å². The summed E-state index contributed by atoms with van der Waals surface area (Å²) in [4.78, 5) is 0. The monoisotopic (exact) mass is 235 g/mol. The molecule has 3 nitrogen and oxygen atoms in total. The Morgan fingerprint density at radius 2 is 2.12 bits per heavy atom. The van der Waals surface area contributed by atoms with E-state index in [1.54, 1.807) is 29.5 Å². The van der Waals surface area contributed by atoms with Crippen molar-refractivity contribution in [3.05, 3.63) is 46.2 Å². The van der Waals surface area contributed by atoms with Crippen LogP contribution in [0, 0.1) is 0 Å². The molecule has 4 heteroatoms. The molecule has 0 aliphatic rings. The maximum atomic E-state index is 9.48. The van der Waals surface area contributed by atoms with Gasteiger partial charge in [0, 0.05) is 0 Å². The largest absolute Gasteiger partial charge is 0.504 e. The maximum absolute atomic E-state index is 9.48. The first kappa shape index (κ1) is 11.0. The van der Waals surface area contributed by atoms with Crippen LogP contribution in [-0.4, -0.2) is 12.2 Å². The first-order valence-corrected chi connectivity index (χ1v) is 5.81. The molecule has 2 aromatic rings. The Morgan fingerprint density at radius 3 is 2.75 bits per heavy atom.